The molecule has 114 valence electrons. The van der Waals surface area contributed by atoms with Crippen LogP contribution in [0.15, 0.2) is 17.5 Å². The van der Waals surface area contributed by atoms with Gasteiger partial charge in [0, 0.05) is 0 Å². The highest BCUT2D eigenvalue weighted by Gasteiger charge is 2.19. The molecule has 4 heteroatoms. The lowest BCUT2D eigenvalue weighted by Gasteiger charge is -2.13. The van der Waals surface area contributed by atoms with Gasteiger partial charge in [0.15, 0.2) is 11.2 Å². The second-order valence-electron chi connectivity index (χ2n) is 5.14. The molecule has 20 heavy (non-hydrogen) atoms. The lowest BCUT2D eigenvalue weighted by Crippen LogP contribution is -2.26. The maximum absolute atomic E-state index is 11.1. The third-order valence-electron chi connectivity index (χ3n) is 3.35. The average molecular weight is 298 g/mol. The average Bonchev–Trinajstić information content (AvgIpc) is 2.93. The molecule has 1 aromatic heterocycles. The Hall–Kier alpha value is -1.03. The van der Waals surface area contributed by atoms with E-state index >= 15 is 0 Å². The van der Waals surface area contributed by atoms with E-state index in [0.717, 1.165) is 12.8 Å². The summed E-state index contributed by atoms with van der Waals surface area (Å²) in [6.45, 7) is 2.22. The third kappa shape index (κ3) is 7.53. The molecular weight excluding hydrogens is 272 g/mol. The molecule has 0 amide bonds. The Bertz CT molecular complexity index is 349. The number of hydrogen-bond acceptors (Lipinski definition) is 3. The van der Waals surface area contributed by atoms with E-state index < -0.39 is 12.1 Å². The van der Waals surface area contributed by atoms with E-state index in [1.807, 2.05) is 17.5 Å². The van der Waals surface area contributed by atoms with E-state index in [-0.39, 0.29) is 0 Å². The predicted octanol–water partition coefficient (Wildman–Crippen LogP) is 5.11. The van der Waals surface area contributed by atoms with E-state index in [9.17, 15) is 4.79 Å². The van der Waals surface area contributed by atoms with Crippen LogP contribution < -0.4 is 4.74 Å². The molecule has 0 saturated heterocycles. The highest BCUT2D eigenvalue weighted by Crippen LogP contribution is 2.21. The largest absolute Gasteiger partial charge is 0.479 e. The number of aliphatic carboxylic acids is 1. The standard InChI is InChI=1S/C16H26O3S/c1-2-3-4-5-6-7-8-9-11-14(16(17)18)19-15-12-10-13-20-15/h10,12-14H,2-9,11H2,1H3,(H,17,18). The lowest BCUT2D eigenvalue weighted by molar-refractivity contribution is -0.145. The molecule has 1 atom stereocenters. The Morgan fingerprint density at radius 3 is 2.40 bits per heavy atom. The van der Waals surface area contributed by atoms with Gasteiger partial charge in [0.05, 0.1) is 0 Å². The van der Waals surface area contributed by atoms with Crippen molar-refractivity contribution in [2.45, 2.75) is 70.8 Å². The van der Waals surface area contributed by atoms with Gasteiger partial charge in [-0.1, -0.05) is 51.9 Å². The molecule has 0 saturated carbocycles. The van der Waals surface area contributed by atoms with Crippen LogP contribution in [0.1, 0.15) is 64.7 Å². The first-order chi connectivity index (χ1) is 9.74. The number of ether oxygens (including phenoxy) is 1. The first-order valence-corrected chi connectivity index (χ1v) is 8.55. The summed E-state index contributed by atoms with van der Waals surface area (Å²) in [6.07, 6.45) is 9.64. The van der Waals surface area contributed by atoms with Gasteiger partial charge < -0.3 is 9.84 Å². The smallest absolute Gasteiger partial charge is 0.344 e. The van der Waals surface area contributed by atoms with Crippen LogP contribution >= 0.6 is 11.3 Å². The van der Waals surface area contributed by atoms with Gasteiger partial charge in [-0.05, 0) is 30.4 Å². The van der Waals surface area contributed by atoms with Crippen LogP contribution in [-0.2, 0) is 4.79 Å². The second-order valence-corrected chi connectivity index (χ2v) is 6.05. The van der Waals surface area contributed by atoms with Crippen molar-refractivity contribution >= 4 is 17.3 Å². The van der Waals surface area contributed by atoms with E-state index in [0.29, 0.717) is 11.5 Å². The molecule has 0 fully saturated rings. The predicted molar refractivity (Wildman–Crippen MR) is 83.6 cm³/mol. The molecule has 0 radical (unpaired) electrons. The molecule has 1 heterocycles. The van der Waals surface area contributed by atoms with Crippen LogP contribution in [-0.4, -0.2) is 17.2 Å². The minimum absolute atomic E-state index is 0.599. The number of carboxylic acids is 1. The number of hydrogen-bond donors (Lipinski definition) is 1. The molecule has 0 bridgehead atoms. The Kier molecular flexibility index (Phi) is 9.13. The van der Waals surface area contributed by atoms with Gasteiger partial charge in [0.2, 0.25) is 0 Å². The van der Waals surface area contributed by atoms with Crippen molar-refractivity contribution in [2.75, 3.05) is 0 Å². The zero-order valence-corrected chi connectivity index (χ0v) is 13.2. The topological polar surface area (TPSA) is 46.5 Å². The van der Waals surface area contributed by atoms with Crippen molar-refractivity contribution in [3.8, 4) is 5.06 Å². The number of rotatable bonds is 12. The fraction of sp³-hybridized carbons (Fsp3) is 0.688. The zero-order chi connectivity index (χ0) is 14.6. The van der Waals surface area contributed by atoms with E-state index in [1.54, 1.807) is 0 Å². The Labute approximate surface area is 126 Å². The van der Waals surface area contributed by atoms with Crippen LogP contribution in [0.2, 0.25) is 0 Å². The minimum Gasteiger partial charge on any atom is -0.479 e. The normalized spacial score (nSPS) is 12.2. The summed E-state index contributed by atoms with van der Waals surface area (Å²) in [5, 5.41) is 11.7. The van der Waals surface area contributed by atoms with Crippen LogP contribution in [0, 0.1) is 0 Å². The number of unbranched alkanes of at least 4 members (excludes halogenated alkanes) is 7. The van der Waals surface area contributed by atoms with Crippen molar-refractivity contribution in [3.05, 3.63) is 17.5 Å². The number of thiophene rings is 1. The zero-order valence-electron chi connectivity index (χ0n) is 12.3. The fourth-order valence-corrected chi connectivity index (χ4v) is 2.79. The third-order valence-corrected chi connectivity index (χ3v) is 4.11. The first-order valence-electron chi connectivity index (χ1n) is 7.67. The van der Waals surface area contributed by atoms with Gasteiger partial charge in [-0.2, -0.15) is 0 Å². The maximum atomic E-state index is 11.1. The molecule has 3 nitrogen and oxygen atoms in total. The van der Waals surface area contributed by atoms with Gasteiger partial charge in [-0.3, -0.25) is 0 Å². The molecule has 0 spiro atoms. The minimum atomic E-state index is -0.860. The van der Waals surface area contributed by atoms with Crippen molar-refractivity contribution in [1.82, 2.24) is 0 Å². The maximum Gasteiger partial charge on any atom is 0.344 e. The summed E-state index contributed by atoms with van der Waals surface area (Å²) in [6, 6.07) is 3.68. The first kappa shape index (κ1) is 17.0. The van der Waals surface area contributed by atoms with Crippen molar-refractivity contribution in [2.24, 2.45) is 0 Å². The lowest BCUT2D eigenvalue weighted by atomic mass is 10.1. The molecule has 1 aromatic rings. The molecule has 1 rings (SSSR count). The van der Waals surface area contributed by atoms with Crippen LogP contribution in [0.3, 0.4) is 0 Å². The van der Waals surface area contributed by atoms with Gasteiger partial charge in [0.25, 0.3) is 0 Å². The van der Waals surface area contributed by atoms with Gasteiger partial charge in [0.1, 0.15) is 0 Å². The van der Waals surface area contributed by atoms with E-state index in [2.05, 4.69) is 6.92 Å². The second kappa shape index (κ2) is 10.7. The van der Waals surface area contributed by atoms with Crippen LogP contribution in [0.4, 0.5) is 0 Å². The molecular formula is C16H26O3S. The molecule has 1 N–H and O–H groups in total. The van der Waals surface area contributed by atoms with Gasteiger partial charge >= 0.3 is 5.97 Å². The molecule has 0 aliphatic heterocycles. The fourth-order valence-electron chi connectivity index (χ4n) is 2.17. The van der Waals surface area contributed by atoms with E-state index in [4.69, 9.17) is 9.84 Å². The quantitative estimate of drug-likeness (QED) is 0.545. The monoisotopic (exact) mass is 298 g/mol. The van der Waals surface area contributed by atoms with Crippen LogP contribution in [0.5, 0.6) is 5.06 Å². The summed E-state index contributed by atoms with van der Waals surface area (Å²) in [5.41, 5.74) is 0. The molecule has 0 aliphatic rings. The van der Waals surface area contributed by atoms with Crippen LogP contribution in [0.25, 0.3) is 0 Å². The van der Waals surface area contributed by atoms with Gasteiger partial charge in [-0.25, -0.2) is 4.79 Å². The summed E-state index contributed by atoms with van der Waals surface area (Å²) in [5.74, 6) is -0.860. The summed E-state index contributed by atoms with van der Waals surface area (Å²) >= 11 is 1.44. The Morgan fingerprint density at radius 1 is 1.20 bits per heavy atom. The van der Waals surface area contributed by atoms with Crippen molar-refractivity contribution in [1.29, 1.82) is 0 Å². The van der Waals surface area contributed by atoms with E-state index in [1.165, 1.54) is 49.9 Å². The highest BCUT2D eigenvalue weighted by atomic mass is 32.1. The molecule has 0 aromatic carbocycles. The number of carboxylic acid groups (broad SMARTS) is 1. The summed E-state index contributed by atoms with van der Waals surface area (Å²) in [4.78, 5) is 11.1. The Balaban J connectivity index is 2.09. The Morgan fingerprint density at radius 2 is 1.85 bits per heavy atom. The molecule has 0 aliphatic carbocycles. The highest BCUT2D eigenvalue weighted by molar-refractivity contribution is 7.11. The SMILES string of the molecule is CCCCCCCCCCC(Oc1cccs1)C(=O)O. The molecule has 1 unspecified atom stereocenters. The summed E-state index contributed by atoms with van der Waals surface area (Å²) in [7, 11) is 0. The summed E-state index contributed by atoms with van der Waals surface area (Å²) < 4.78 is 5.49. The van der Waals surface area contributed by atoms with Crippen molar-refractivity contribution in [3.63, 3.8) is 0 Å². The van der Waals surface area contributed by atoms with Crippen molar-refractivity contribution < 1.29 is 14.6 Å². The van der Waals surface area contributed by atoms with Gasteiger partial charge in [-0.15, -0.1) is 11.3 Å². The number of carbonyl (C=O) groups is 1.